The second kappa shape index (κ2) is 11.2. The second-order valence-electron chi connectivity index (χ2n) is 9.37. The third kappa shape index (κ3) is 5.51. The van der Waals surface area contributed by atoms with Gasteiger partial charge in [0.25, 0.3) is 0 Å². The molecule has 0 unspecified atom stereocenters. The number of aryl methyl sites for hydroxylation is 1. The quantitative estimate of drug-likeness (QED) is 0.280. The molecule has 1 aliphatic heterocycles. The first kappa shape index (κ1) is 25.8. The summed E-state index contributed by atoms with van der Waals surface area (Å²) in [6.45, 7) is 5.35. The van der Waals surface area contributed by atoms with Crippen molar-refractivity contribution in [2.24, 2.45) is 0 Å². The van der Waals surface area contributed by atoms with Crippen molar-refractivity contribution in [2.75, 3.05) is 43.5 Å². The fourth-order valence-corrected chi connectivity index (χ4v) is 4.85. The number of fused-ring (bicyclic) bond motifs is 1. The normalized spacial score (nSPS) is 13.5. The van der Waals surface area contributed by atoms with E-state index in [9.17, 15) is 9.90 Å². The van der Waals surface area contributed by atoms with Crippen LogP contribution in [0.4, 0.5) is 17.2 Å². The van der Waals surface area contributed by atoms with Crippen LogP contribution in [-0.4, -0.2) is 54.1 Å². The number of hydrogen-bond acceptors (Lipinski definition) is 8. The zero-order valence-electron chi connectivity index (χ0n) is 21.4. The van der Waals surface area contributed by atoms with Gasteiger partial charge in [-0.1, -0.05) is 17.7 Å². The summed E-state index contributed by atoms with van der Waals surface area (Å²) in [5.41, 5.74) is 5.17. The molecule has 1 fully saturated rings. The van der Waals surface area contributed by atoms with Gasteiger partial charge in [-0.15, -0.1) is 0 Å². The summed E-state index contributed by atoms with van der Waals surface area (Å²) in [6.07, 6.45) is 4.66. The Labute approximate surface area is 226 Å². The molecule has 5 rings (SSSR count). The summed E-state index contributed by atoms with van der Waals surface area (Å²) in [7, 11) is 1.49. The van der Waals surface area contributed by atoms with Crippen LogP contribution in [0.25, 0.3) is 22.0 Å². The Morgan fingerprint density at radius 2 is 1.92 bits per heavy atom. The lowest BCUT2D eigenvalue weighted by Gasteiger charge is -2.28. The van der Waals surface area contributed by atoms with E-state index in [1.807, 2.05) is 42.7 Å². The topological polar surface area (TPSA) is 99.6 Å². The Hall–Kier alpha value is -3.88. The number of aromatic nitrogens is 2. The highest BCUT2D eigenvalue weighted by molar-refractivity contribution is 6.32. The maximum atomic E-state index is 11.8. The van der Waals surface area contributed by atoms with Gasteiger partial charge in [0, 0.05) is 44.2 Å². The highest BCUT2D eigenvalue weighted by Gasteiger charge is 2.16. The highest BCUT2D eigenvalue weighted by Crippen LogP contribution is 2.40. The number of carbonyl (C=O) groups excluding carboxylic acids is 1. The lowest BCUT2D eigenvalue weighted by atomic mass is 9.99. The smallest absolute Gasteiger partial charge is 0.176 e. The average Bonchev–Trinajstić information content (AvgIpc) is 2.94. The fourth-order valence-electron chi connectivity index (χ4n) is 4.64. The molecular weight excluding hydrogens is 502 g/mol. The van der Waals surface area contributed by atoms with Crippen molar-refractivity contribution in [1.29, 1.82) is 0 Å². The summed E-state index contributed by atoms with van der Waals surface area (Å²) in [4.78, 5) is 23.4. The van der Waals surface area contributed by atoms with E-state index in [4.69, 9.17) is 21.3 Å². The van der Waals surface area contributed by atoms with Crippen LogP contribution in [0.3, 0.4) is 0 Å². The van der Waals surface area contributed by atoms with E-state index in [0.29, 0.717) is 18.6 Å². The molecule has 4 aromatic rings. The van der Waals surface area contributed by atoms with E-state index in [0.717, 1.165) is 71.0 Å². The molecule has 2 aromatic heterocycles. The number of phenols is 1. The molecule has 2 aromatic carbocycles. The van der Waals surface area contributed by atoms with Crippen molar-refractivity contribution in [3.05, 3.63) is 65.4 Å². The number of pyridine rings is 2. The van der Waals surface area contributed by atoms with Gasteiger partial charge in [-0.25, -0.2) is 4.98 Å². The third-order valence-corrected chi connectivity index (χ3v) is 7.02. The summed E-state index contributed by atoms with van der Waals surface area (Å²) >= 11 is 6.27. The predicted octanol–water partition coefficient (Wildman–Crippen LogP) is 5.34. The Kier molecular flexibility index (Phi) is 7.62. The van der Waals surface area contributed by atoms with Crippen molar-refractivity contribution in [3.8, 4) is 22.6 Å². The van der Waals surface area contributed by atoms with E-state index >= 15 is 0 Å². The zero-order chi connectivity index (χ0) is 26.6. The molecule has 0 bridgehead atoms. The van der Waals surface area contributed by atoms with Crippen LogP contribution in [0, 0.1) is 0 Å². The first-order valence-electron chi connectivity index (χ1n) is 12.6. The van der Waals surface area contributed by atoms with Gasteiger partial charge < -0.3 is 30.2 Å². The van der Waals surface area contributed by atoms with Crippen molar-refractivity contribution < 1.29 is 14.6 Å². The highest BCUT2D eigenvalue weighted by atomic mass is 35.5. The molecule has 1 saturated heterocycles. The van der Waals surface area contributed by atoms with E-state index < -0.39 is 0 Å². The Morgan fingerprint density at radius 1 is 1.11 bits per heavy atom. The minimum absolute atomic E-state index is 0.0917. The van der Waals surface area contributed by atoms with Crippen molar-refractivity contribution in [3.63, 3.8) is 0 Å². The molecule has 38 heavy (non-hydrogen) atoms. The van der Waals surface area contributed by atoms with E-state index in [1.54, 1.807) is 19.1 Å². The molecule has 8 nitrogen and oxygen atoms in total. The van der Waals surface area contributed by atoms with E-state index in [-0.39, 0.29) is 16.6 Å². The number of piperazine rings is 1. The van der Waals surface area contributed by atoms with Crippen LogP contribution < -0.4 is 20.3 Å². The monoisotopic (exact) mass is 531 g/mol. The molecule has 1 aliphatic rings. The van der Waals surface area contributed by atoms with Gasteiger partial charge in [0.1, 0.15) is 11.6 Å². The fraction of sp³-hybridized carbons (Fsp3) is 0.276. The number of ketones is 1. The summed E-state index contributed by atoms with van der Waals surface area (Å²) in [5, 5.41) is 18.2. The lowest BCUT2D eigenvalue weighted by Crippen LogP contribution is -2.43. The molecule has 0 atom stereocenters. The van der Waals surface area contributed by atoms with Gasteiger partial charge >= 0.3 is 0 Å². The number of nitrogens with zero attached hydrogens (tertiary/aromatic N) is 3. The zero-order valence-corrected chi connectivity index (χ0v) is 22.2. The van der Waals surface area contributed by atoms with Gasteiger partial charge in [0.05, 0.1) is 35.2 Å². The number of benzene rings is 2. The van der Waals surface area contributed by atoms with Gasteiger partial charge in [0.15, 0.2) is 11.5 Å². The Morgan fingerprint density at radius 3 is 2.63 bits per heavy atom. The molecule has 0 radical (unpaired) electrons. The Balaban J connectivity index is 1.55. The van der Waals surface area contributed by atoms with Crippen LogP contribution >= 0.6 is 11.6 Å². The number of carbonyl (C=O) groups is 1. The number of rotatable bonds is 8. The molecule has 0 saturated carbocycles. The van der Waals surface area contributed by atoms with Crippen LogP contribution in [-0.2, 0) is 11.2 Å². The molecule has 196 valence electrons. The number of Topliss-reactive ketones (excluding diaryl/α,β-unsaturated/α-hetero) is 1. The first-order valence-corrected chi connectivity index (χ1v) is 13.0. The average molecular weight is 532 g/mol. The molecule has 0 aliphatic carbocycles. The van der Waals surface area contributed by atoms with Gasteiger partial charge in [-0.2, -0.15) is 0 Å². The largest absolute Gasteiger partial charge is 0.503 e. The number of nitrogens with one attached hydrogen (secondary N) is 2. The van der Waals surface area contributed by atoms with E-state index in [2.05, 4.69) is 20.5 Å². The second-order valence-corrected chi connectivity index (χ2v) is 9.78. The first-order chi connectivity index (χ1) is 18.4. The number of phenolic OH excluding ortho intramolecular Hbond substituents is 1. The Bertz CT molecular complexity index is 1470. The van der Waals surface area contributed by atoms with Gasteiger partial charge in [0.2, 0.25) is 0 Å². The van der Waals surface area contributed by atoms with E-state index in [1.165, 1.54) is 7.11 Å². The molecule has 3 heterocycles. The standard InChI is InChI=1S/C29H30ClN5O3/c1-18(36)3-4-20-16-32-25-7-5-19(21-14-24(30)29(37)26(15-21)38-2)13-23(25)28(20)34-22-6-8-27(33-17-22)35-11-9-31-10-12-35/h5-8,13-17,31,37H,3-4,9-12H2,1-2H3,(H,32,34). The molecule has 0 spiro atoms. The number of halogens is 1. The minimum atomic E-state index is -0.0917. The molecule has 0 amide bonds. The van der Waals surface area contributed by atoms with Crippen molar-refractivity contribution in [2.45, 2.75) is 19.8 Å². The van der Waals surface area contributed by atoms with Crippen LogP contribution in [0.5, 0.6) is 11.5 Å². The van der Waals surface area contributed by atoms with Gasteiger partial charge in [-0.3, -0.25) is 4.98 Å². The maximum absolute atomic E-state index is 11.8. The summed E-state index contributed by atoms with van der Waals surface area (Å²) < 4.78 is 5.30. The van der Waals surface area contributed by atoms with Crippen molar-refractivity contribution in [1.82, 2.24) is 15.3 Å². The minimum Gasteiger partial charge on any atom is -0.503 e. The SMILES string of the molecule is COc1cc(-c2ccc3ncc(CCC(C)=O)c(Nc4ccc(N5CCNCC5)nc4)c3c2)cc(Cl)c1O. The van der Waals surface area contributed by atoms with Crippen LogP contribution in [0.1, 0.15) is 18.9 Å². The number of anilines is 3. The summed E-state index contributed by atoms with van der Waals surface area (Å²) in [5.74, 6) is 1.28. The number of hydrogen-bond donors (Lipinski definition) is 3. The molecule has 9 heteroatoms. The third-order valence-electron chi connectivity index (χ3n) is 6.73. The van der Waals surface area contributed by atoms with Crippen LogP contribution in [0.15, 0.2) is 54.9 Å². The molecule has 3 N–H and O–H groups in total. The number of methoxy groups -OCH3 is 1. The molecular formula is C29H30ClN5O3. The summed E-state index contributed by atoms with van der Waals surface area (Å²) in [6, 6.07) is 13.5. The van der Waals surface area contributed by atoms with Gasteiger partial charge in [-0.05, 0) is 66.4 Å². The lowest BCUT2D eigenvalue weighted by molar-refractivity contribution is -0.116. The van der Waals surface area contributed by atoms with Crippen LogP contribution in [0.2, 0.25) is 5.02 Å². The number of aromatic hydroxyl groups is 1. The predicted molar refractivity (Wildman–Crippen MR) is 152 cm³/mol. The van der Waals surface area contributed by atoms with Crippen molar-refractivity contribution >= 4 is 45.5 Å². The maximum Gasteiger partial charge on any atom is 0.176 e. The number of ether oxygens (including phenoxy) is 1.